The molecule has 1 unspecified atom stereocenters. The van der Waals surface area contributed by atoms with E-state index in [0.717, 1.165) is 23.9 Å². The quantitative estimate of drug-likeness (QED) is 0.848. The van der Waals surface area contributed by atoms with Gasteiger partial charge in [0, 0.05) is 30.1 Å². The smallest absolute Gasteiger partial charge is 0.136 e. The predicted molar refractivity (Wildman–Crippen MR) is 67.4 cm³/mol. The summed E-state index contributed by atoms with van der Waals surface area (Å²) < 4.78 is 16.4. The third kappa shape index (κ3) is 1.35. The van der Waals surface area contributed by atoms with E-state index in [-0.39, 0.29) is 17.3 Å². The average Bonchev–Trinajstić information content (AvgIpc) is 3.00. The first kappa shape index (κ1) is 10.8. The first-order chi connectivity index (χ1) is 8.06. The molecule has 17 heavy (non-hydrogen) atoms. The number of nitrogens with two attached hydrogens (primary N) is 1. The zero-order valence-electron chi connectivity index (χ0n) is 10.2. The molecule has 1 aliphatic carbocycles. The Balaban J connectivity index is 2.22. The first-order valence-electron chi connectivity index (χ1n) is 6.06. The topological polar surface area (TPSA) is 30.9 Å². The lowest BCUT2D eigenvalue weighted by Crippen LogP contribution is -2.32. The highest BCUT2D eigenvalue weighted by atomic mass is 19.1. The molecule has 1 atom stereocenters. The summed E-state index contributed by atoms with van der Waals surface area (Å²) in [6, 6.07) is 5.76. The van der Waals surface area contributed by atoms with Gasteiger partial charge in [-0.15, -0.1) is 0 Å². The molecule has 1 saturated carbocycles. The van der Waals surface area contributed by atoms with Crippen molar-refractivity contribution in [3.63, 3.8) is 0 Å². The van der Waals surface area contributed by atoms with Crippen LogP contribution in [0, 0.1) is 5.82 Å². The first-order valence-corrected chi connectivity index (χ1v) is 6.06. The minimum atomic E-state index is -0.117. The van der Waals surface area contributed by atoms with Crippen molar-refractivity contribution in [3.05, 3.63) is 35.8 Å². The standard InChI is InChI=1S/C14H17FN2/c1-9(16)14(6-7-14)11-3-4-12-10(13(11)15)5-8-17(12)2/h3-5,8-9H,6-7,16H2,1-2H3. The Kier molecular flexibility index (Phi) is 2.11. The molecule has 0 aliphatic heterocycles. The molecule has 1 aromatic carbocycles. The summed E-state index contributed by atoms with van der Waals surface area (Å²) in [4.78, 5) is 0. The Labute approximate surface area is 100 Å². The maximum Gasteiger partial charge on any atom is 0.136 e. The molecule has 1 aromatic heterocycles. The van der Waals surface area contributed by atoms with Crippen LogP contribution < -0.4 is 5.73 Å². The minimum Gasteiger partial charge on any atom is -0.350 e. The summed E-state index contributed by atoms with van der Waals surface area (Å²) >= 11 is 0. The van der Waals surface area contributed by atoms with Crippen LogP contribution in [0.3, 0.4) is 0 Å². The molecule has 1 heterocycles. The number of hydrogen-bond donors (Lipinski definition) is 1. The van der Waals surface area contributed by atoms with Crippen molar-refractivity contribution in [2.45, 2.75) is 31.2 Å². The lowest BCUT2D eigenvalue weighted by molar-refractivity contribution is 0.517. The number of halogens is 1. The summed E-state index contributed by atoms with van der Waals surface area (Å²) in [7, 11) is 1.93. The minimum absolute atomic E-state index is 0.0122. The van der Waals surface area contributed by atoms with Crippen molar-refractivity contribution in [2.24, 2.45) is 12.8 Å². The van der Waals surface area contributed by atoms with Crippen LogP contribution in [-0.4, -0.2) is 10.6 Å². The van der Waals surface area contributed by atoms with E-state index in [1.54, 1.807) is 0 Å². The van der Waals surface area contributed by atoms with Gasteiger partial charge in [0.25, 0.3) is 0 Å². The lowest BCUT2D eigenvalue weighted by Gasteiger charge is -2.21. The molecule has 3 heteroatoms. The molecular weight excluding hydrogens is 215 g/mol. The maximum atomic E-state index is 14.5. The summed E-state index contributed by atoms with van der Waals surface area (Å²) in [6.45, 7) is 1.97. The second-order valence-corrected chi connectivity index (χ2v) is 5.23. The van der Waals surface area contributed by atoms with Gasteiger partial charge in [-0.2, -0.15) is 0 Å². The van der Waals surface area contributed by atoms with Crippen LogP contribution >= 0.6 is 0 Å². The molecular formula is C14H17FN2. The Morgan fingerprint density at radius 1 is 1.35 bits per heavy atom. The zero-order valence-corrected chi connectivity index (χ0v) is 10.2. The van der Waals surface area contributed by atoms with Crippen molar-refractivity contribution in [1.82, 2.24) is 4.57 Å². The highest BCUT2D eigenvalue weighted by molar-refractivity contribution is 5.82. The molecule has 0 radical (unpaired) electrons. The van der Waals surface area contributed by atoms with Crippen LogP contribution in [0.1, 0.15) is 25.3 Å². The number of rotatable bonds is 2. The van der Waals surface area contributed by atoms with Crippen molar-refractivity contribution >= 4 is 10.9 Å². The second-order valence-electron chi connectivity index (χ2n) is 5.23. The monoisotopic (exact) mass is 232 g/mol. The lowest BCUT2D eigenvalue weighted by atomic mass is 9.88. The molecule has 0 spiro atoms. The van der Waals surface area contributed by atoms with Crippen molar-refractivity contribution in [2.75, 3.05) is 0 Å². The highest BCUT2D eigenvalue weighted by Gasteiger charge is 2.49. The molecule has 3 rings (SSSR count). The van der Waals surface area contributed by atoms with Crippen LogP contribution in [-0.2, 0) is 12.5 Å². The van der Waals surface area contributed by atoms with E-state index in [0.29, 0.717) is 5.39 Å². The summed E-state index contributed by atoms with van der Waals surface area (Å²) in [5, 5.41) is 0.705. The third-order valence-corrected chi connectivity index (χ3v) is 4.20. The van der Waals surface area contributed by atoms with E-state index < -0.39 is 0 Å². The molecule has 2 N–H and O–H groups in total. The highest BCUT2D eigenvalue weighted by Crippen LogP contribution is 2.51. The number of nitrogens with zero attached hydrogens (tertiary/aromatic N) is 1. The van der Waals surface area contributed by atoms with Crippen LogP contribution in [0.15, 0.2) is 24.4 Å². The fraction of sp³-hybridized carbons (Fsp3) is 0.429. The average molecular weight is 232 g/mol. The predicted octanol–water partition coefficient (Wildman–Crippen LogP) is 2.70. The van der Waals surface area contributed by atoms with Crippen molar-refractivity contribution < 1.29 is 4.39 Å². The van der Waals surface area contributed by atoms with Gasteiger partial charge in [-0.25, -0.2) is 4.39 Å². The number of benzene rings is 1. The normalized spacial score (nSPS) is 19.5. The van der Waals surface area contributed by atoms with E-state index in [1.165, 1.54) is 0 Å². The molecule has 2 nitrogen and oxygen atoms in total. The molecule has 1 fully saturated rings. The van der Waals surface area contributed by atoms with Gasteiger partial charge < -0.3 is 10.3 Å². The Morgan fingerprint density at radius 2 is 2.06 bits per heavy atom. The number of aromatic nitrogens is 1. The van der Waals surface area contributed by atoms with E-state index in [1.807, 2.05) is 42.9 Å². The van der Waals surface area contributed by atoms with Crippen molar-refractivity contribution in [1.29, 1.82) is 0 Å². The second kappa shape index (κ2) is 3.33. The fourth-order valence-electron chi connectivity index (χ4n) is 2.80. The molecule has 0 saturated heterocycles. The summed E-state index contributed by atoms with van der Waals surface area (Å²) in [5.74, 6) is -0.0853. The molecule has 2 aromatic rings. The molecule has 1 aliphatic rings. The van der Waals surface area contributed by atoms with Crippen LogP contribution in [0.5, 0.6) is 0 Å². The fourth-order valence-corrected chi connectivity index (χ4v) is 2.80. The third-order valence-electron chi connectivity index (χ3n) is 4.20. The van der Waals surface area contributed by atoms with Crippen LogP contribution in [0.2, 0.25) is 0 Å². The number of aryl methyl sites for hydroxylation is 1. The largest absolute Gasteiger partial charge is 0.350 e. The SMILES string of the molecule is CC(N)C1(c2ccc3c(ccn3C)c2F)CC1. The summed E-state index contributed by atoms with van der Waals surface area (Å²) in [6.07, 6.45) is 3.89. The van der Waals surface area contributed by atoms with Gasteiger partial charge in [-0.05, 0) is 37.5 Å². The summed E-state index contributed by atoms with van der Waals surface area (Å²) in [5.41, 5.74) is 7.63. The van der Waals surface area contributed by atoms with Gasteiger partial charge in [0.05, 0.1) is 5.52 Å². The van der Waals surface area contributed by atoms with Crippen LogP contribution in [0.4, 0.5) is 4.39 Å². The van der Waals surface area contributed by atoms with Gasteiger partial charge in [0.15, 0.2) is 0 Å². The van der Waals surface area contributed by atoms with Gasteiger partial charge in [-0.3, -0.25) is 0 Å². The Bertz CT molecular complexity index is 579. The number of fused-ring (bicyclic) bond motifs is 1. The Hall–Kier alpha value is -1.35. The van der Waals surface area contributed by atoms with E-state index in [9.17, 15) is 4.39 Å². The van der Waals surface area contributed by atoms with E-state index >= 15 is 0 Å². The van der Waals surface area contributed by atoms with Gasteiger partial charge >= 0.3 is 0 Å². The Morgan fingerprint density at radius 3 is 2.65 bits per heavy atom. The maximum absolute atomic E-state index is 14.5. The van der Waals surface area contributed by atoms with Gasteiger partial charge in [-0.1, -0.05) is 6.07 Å². The van der Waals surface area contributed by atoms with Crippen molar-refractivity contribution in [3.8, 4) is 0 Å². The molecule has 0 amide bonds. The van der Waals surface area contributed by atoms with Gasteiger partial charge in [0.2, 0.25) is 0 Å². The molecule has 90 valence electrons. The zero-order chi connectivity index (χ0) is 12.2. The van der Waals surface area contributed by atoms with Gasteiger partial charge in [0.1, 0.15) is 5.82 Å². The van der Waals surface area contributed by atoms with E-state index in [4.69, 9.17) is 5.73 Å². The molecule has 0 bridgehead atoms. The number of hydrogen-bond acceptors (Lipinski definition) is 1. The van der Waals surface area contributed by atoms with E-state index in [2.05, 4.69) is 0 Å². The van der Waals surface area contributed by atoms with Crippen LogP contribution in [0.25, 0.3) is 10.9 Å².